The van der Waals surface area contributed by atoms with Crippen molar-refractivity contribution in [1.82, 2.24) is 4.98 Å². The zero-order chi connectivity index (χ0) is 15.1. The zero-order valence-electron chi connectivity index (χ0n) is 12.2. The van der Waals surface area contributed by atoms with Crippen LogP contribution in [0.15, 0.2) is 48.8 Å². The van der Waals surface area contributed by atoms with Crippen LogP contribution in [0.2, 0.25) is 0 Å². The smallest absolute Gasteiger partial charge is 0.323 e. The molecule has 1 heterocycles. The Balaban J connectivity index is 1.93. The number of carbonyl (C=O) groups excluding carboxylic acids is 1. The zero-order valence-corrected chi connectivity index (χ0v) is 12.2. The lowest BCUT2D eigenvalue weighted by Crippen LogP contribution is -2.19. The predicted octanol–water partition coefficient (Wildman–Crippen LogP) is 3.65. The number of carbonyl (C=O) groups is 1. The standard InChI is InChI=1S/C16H19N3O2/c1-12(2)21-11-13-5-3-6-14(9-13)18-16(20)19-15-7-4-8-17-10-15/h3-10,12H,11H2,1-2H3,(H2,18,19,20). The molecule has 0 bridgehead atoms. The fraction of sp³-hybridized carbons (Fsp3) is 0.250. The Kier molecular flexibility index (Phi) is 5.29. The highest BCUT2D eigenvalue weighted by Crippen LogP contribution is 2.13. The van der Waals surface area contributed by atoms with Crippen LogP contribution in [0.1, 0.15) is 19.4 Å². The molecule has 2 N–H and O–H groups in total. The second-order valence-corrected chi connectivity index (χ2v) is 4.88. The van der Waals surface area contributed by atoms with Crippen molar-refractivity contribution in [3.05, 3.63) is 54.4 Å². The fourth-order valence-corrected chi connectivity index (χ4v) is 1.73. The van der Waals surface area contributed by atoms with E-state index < -0.39 is 0 Å². The lowest BCUT2D eigenvalue weighted by molar-refractivity contribution is 0.0657. The van der Waals surface area contributed by atoms with Crippen LogP contribution >= 0.6 is 0 Å². The Hall–Kier alpha value is -2.40. The largest absolute Gasteiger partial charge is 0.374 e. The normalized spacial score (nSPS) is 10.4. The van der Waals surface area contributed by atoms with Crippen LogP contribution in [0.5, 0.6) is 0 Å². The minimum atomic E-state index is -0.301. The maximum absolute atomic E-state index is 11.9. The number of rotatable bonds is 5. The van der Waals surface area contributed by atoms with E-state index in [0.717, 1.165) is 11.3 Å². The molecular formula is C16H19N3O2. The molecule has 5 nitrogen and oxygen atoms in total. The summed E-state index contributed by atoms with van der Waals surface area (Å²) < 4.78 is 5.55. The number of ether oxygens (including phenoxy) is 1. The minimum Gasteiger partial charge on any atom is -0.374 e. The van der Waals surface area contributed by atoms with Gasteiger partial charge in [0.05, 0.1) is 24.6 Å². The van der Waals surface area contributed by atoms with Crippen LogP contribution in [0.4, 0.5) is 16.2 Å². The molecule has 1 aromatic heterocycles. The molecule has 0 unspecified atom stereocenters. The Morgan fingerprint density at radius 1 is 1.19 bits per heavy atom. The van der Waals surface area contributed by atoms with Gasteiger partial charge in [0.2, 0.25) is 0 Å². The molecule has 0 aliphatic rings. The summed E-state index contributed by atoms with van der Waals surface area (Å²) in [6.07, 6.45) is 3.42. The van der Waals surface area contributed by atoms with Crippen molar-refractivity contribution in [3.8, 4) is 0 Å². The van der Waals surface area contributed by atoms with E-state index in [4.69, 9.17) is 4.74 Å². The summed E-state index contributed by atoms with van der Waals surface area (Å²) in [5.41, 5.74) is 2.39. The van der Waals surface area contributed by atoms with Crippen LogP contribution in [0.3, 0.4) is 0 Å². The molecule has 0 saturated carbocycles. The summed E-state index contributed by atoms with van der Waals surface area (Å²) >= 11 is 0. The number of benzene rings is 1. The van der Waals surface area contributed by atoms with Gasteiger partial charge in [-0.2, -0.15) is 0 Å². The first-order valence-corrected chi connectivity index (χ1v) is 6.82. The number of nitrogens with zero attached hydrogens (tertiary/aromatic N) is 1. The van der Waals surface area contributed by atoms with Gasteiger partial charge in [0.15, 0.2) is 0 Å². The van der Waals surface area contributed by atoms with E-state index in [-0.39, 0.29) is 12.1 Å². The van der Waals surface area contributed by atoms with Crippen LogP contribution in [-0.2, 0) is 11.3 Å². The van der Waals surface area contributed by atoms with Gasteiger partial charge < -0.3 is 15.4 Å². The van der Waals surface area contributed by atoms with Gasteiger partial charge in [-0.3, -0.25) is 4.98 Å². The number of hydrogen-bond donors (Lipinski definition) is 2. The van der Waals surface area contributed by atoms with E-state index >= 15 is 0 Å². The number of anilines is 2. The first-order chi connectivity index (χ1) is 10.1. The van der Waals surface area contributed by atoms with Crippen LogP contribution in [-0.4, -0.2) is 17.1 Å². The van der Waals surface area contributed by atoms with Crippen LogP contribution < -0.4 is 10.6 Å². The summed E-state index contributed by atoms with van der Waals surface area (Å²) in [6, 6.07) is 10.8. The van der Waals surface area contributed by atoms with Crippen molar-refractivity contribution in [2.24, 2.45) is 0 Å². The molecule has 0 saturated heterocycles. The molecule has 2 amide bonds. The van der Waals surface area contributed by atoms with Gasteiger partial charge in [0, 0.05) is 11.9 Å². The number of aromatic nitrogens is 1. The highest BCUT2D eigenvalue weighted by molar-refractivity contribution is 5.99. The van der Waals surface area contributed by atoms with E-state index in [9.17, 15) is 4.79 Å². The molecule has 5 heteroatoms. The molecular weight excluding hydrogens is 266 g/mol. The first kappa shape index (κ1) is 15.0. The van der Waals surface area contributed by atoms with Gasteiger partial charge >= 0.3 is 6.03 Å². The molecule has 2 aromatic rings. The average molecular weight is 285 g/mol. The molecule has 2 rings (SSSR count). The molecule has 0 aliphatic heterocycles. The SMILES string of the molecule is CC(C)OCc1cccc(NC(=O)Nc2cccnc2)c1. The van der Waals surface area contributed by atoms with Gasteiger partial charge in [-0.15, -0.1) is 0 Å². The van der Waals surface area contributed by atoms with E-state index in [1.54, 1.807) is 24.5 Å². The van der Waals surface area contributed by atoms with Crippen molar-refractivity contribution in [1.29, 1.82) is 0 Å². The summed E-state index contributed by atoms with van der Waals surface area (Å²) in [5.74, 6) is 0. The highest BCUT2D eigenvalue weighted by Gasteiger charge is 2.04. The Labute approximate surface area is 124 Å². The molecule has 0 aliphatic carbocycles. The van der Waals surface area contributed by atoms with E-state index in [1.165, 1.54) is 0 Å². The predicted molar refractivity (Wildman–Crippen MR) is 83.2 cm³/mol. The molecule has 110 valence electrons. The second kappa shape index (κ2) is 7.40. The van der Waals surface area contributed by atoms with Gasteiger partial charge in [-0.25, -0.2) is 4.79 Å². The van der Waals surface area contributed by atoms with Crippen LogP contribution in [0, 0.1) is 0 Å². The maximum Gasteiger partial charge on any atom is 0.323 e. The topological polar surface area (TPSA) is 63.2 Å². The van der Waals surface area contributed by atoms with Gasteiger partial charge in [-0.1, -0.05) is 12.1 Å². The average Bonchev–Trinajstić information content (AvgIpc) is 2.46. The van der Waals surface area contributed by atoms with Crippen molar-refractivity contribution in [2.45, 2.75) is 26.6 Å². The quantitative estimate of drug-likeness (QED) is 0.881. The van der Waals surface area contributed by atoms with Crippen molar-refractivity contribution < 1.29 is 9.53 Å². The molecule has 0 radical (unpaired) electrons. The summed E-state index contributed by atoms with van der Waals surface area (Å²) in [4.78, 5) is 15.8. The number of amides is 2. The Morgan fingerprint density at radius 2 is 1.95 bits per heavy atom. The number of hydrogen-bond acceptors (Lipinski definition) is 3. The van der Waals surface area contributed by atoms with Crippen molar-refractivity contribution in [3.63, 3.8) is 0 Å². The van der Waals surface area contributed by atoms with Crippen molar-refractivity contribution in [2.75, 3.05) is 10.6 Å². The summed E-state index contributed by atoms with van der Waals surface area (Å²) in [7, 11) is 0. The Bertz CT molecular complexity index is 585. The Morgan fingerprint density at radius 3 is 2.67 bits per heavy atom. The first-order valence-electron chi connectivity index (χ1n) is 6.82. The van der Waals surface area contributed by atoms with E-state index in [0.29, 0.717) is 12.3 Å². The number of urea groups is 1. The lowest BCUT2D eigenvalue weighted by Gasteiger charge is -2.10. The molecule has 0 spiro atoms. The molecule has 21 heavy (non-hydrogen) atoms. The third-order valence-corrected chi connectivity index (χ3v) is 2.69. The fourth-order valence-electron chi connectivity index (χ4n) is 1.73. The molecule has 1 aromatic carbocycles. The lowest BCUT2D eigenvalue weighted by atomic mass is 10.2. The van der Waals surface area contributed by atoms with Crippen molar-refractivity contribution >= 4 is 17.4 Å². The van der Waals surface area contributed by atoms with Gasteiger partial charge in [-0.05, 0) is 43.7 Å². The van der Waals surface area contributed by atoms with Crippen LogP contribution in [0.25, 0.3) is 0 Å². The third kappa shape index (κ3) is 5.24. The monoisotopic (exact) mass is 285 g/mol. The molecule has 0 fully saturated rings. The van der Waals surface area contributed by atoms with Gasteiger partial charge in [0.25, 0.3) is 0 Å². The summed E-state index contributed by atoms with van der Waals surface area (Å²) in [6.45, 7) is 4.50. The number of pyridine rings is 1. The van der Waals surface area contributed by atoms with E-state index in [2.05, 4.69) is 15.6 Å². The number of nitrogens with one attached hydrogen (secondary N) is 2. The third-order valence-electron chi connectivity index (χ3n) is 2.69. The minimum absolute atomic E-state index is 0.176. The summed E-state index contributed by atoms with van der Waals surface area (Å²) in [5, 5.41) is 5.50. The second-order valence-electron chi connectivity index (χ2n) is 4.88. The van der Waals surface area contributed by atoms with E-state index in [1.807, 2.05) is 38.1 Å². The van der Waals surface area contributed by atoms with Gasteiger partial charge in [0.1, 0.15) is 0 Å². The molecule has 0 atom stereocenters. The highest BCUT2D eigenvalue weighted by atomic mass is 16.5. The maximum atomic E-state index is 11.9.